The van der Waals surface area contributed by atoms with Crippen molar-refractivity contribution in [2.45, 2.75) is 64.3 Å². The number of hydrogen-bond donors (Lipinski definition) is 0. The van der Waals surface area contributed by atoms with Gasteiger partial charge in [-0.3, -0.25) is 9.59 Å². The molecule has 1 unspecified atom stereocenters. The van der Waals surface area contributed by atoms with Gasteiger partial charge in [0.1, 0.15) is 5.54 Å². The molecule has 2 rings (SSSR count). The molecular weight excluding hydrogens is 296 g/mol. The van der Waals surface area contributed by atoms with E-state index in [9.17, 15) is 14.4 Å². The minimum absolute atomic E-state index is 0.0318. The van der Waals surface area contributed by atoms with Crippen molar-refractivity contribution < 1.29 is 19.1 Å². The fourth-order valence-electron chi connectivity index (χ4n) is 3.67. The molecule has 0 N–H and O–H groups in total. The number of amides is 2. The molecule has 6 nitrogen and oxygen atoms in total. The van der Waals surface area contributed by atoms with Crippen molar-refractivity contribution in [1.29, 1.82) is 0 Å². The summed E-state index contributed by atoms with van der Waals surface area (Å²) in [6.45, 7) is 6.54. The third-order valence-corrected chi connectivity index (χ3v) is 4.81. The highest BCUT2D eigenvalue weighted by Gasteiger charge is 2.53. The molecule has 2 saturated heterocycles. The van der Waals surface area contributed by atoms with E-state index in [-0.39, 0.29) is 30.6 Å². The Morgan fingerprint density at radius 2 is 1.87 bits per heavy atom. The van der Waals surface area contributed by atoms with E-state index in [0.717, 1.165) is 32.4 Å². The van der Waals surface area contributed by atoms with E-state index in [1.54, 1.807) is 4.90 Å². The lowest BCUT2D eigenvalue weighted by Gasteiger charge is -2.31. The topological polar surface area (TPSA) is 66.9 Å². The molecule has 0 saturated carbocycles. The van der Waals surface area contributed by atoms with Crippen molar-refractivity contribution in [2.24, 2.45) is 0 Å². The van der Waals surface area contributed by atoms with E-state index in [2.05, 4.69) is 0 Å². The van der Waals surface area contributed by atoms with E-state index in [4.69, 9.17) is 4.74 Å². The molecule has 2 heterocycles. The molecule has 2 fully saturated rings. The van der Waals surface area contributed by atoms with Crippen LogP contribution in [0.2, 0.25) is 0 Å². The van der Waals surface area contributed by atoms with Gasteiger partial charge in [-0.2, -0.15) is 0 Å². The van der Waals surface area contributed by atoms with E-state index in [0.29, 0.717) is 26.0 Å². The Kier molecular flexibility index (Phi) is 6.02. The van der Waals surface area contributed by atoms with Gasteiger partial charge < -0.3 is 14.5 Å². The molecule has 0 aromatic rings. The molecule has 6 heteroatoms. The van der Waals surface area contributed by atoms with Gasteiger partial charge in [0, 0.05) is 38.9 Å². The smallest absolute Gasteiger partial charge is 0.332 e. The Balaban J connectivity index is 1.91. The minimum atomic E-state index is -0.743. The summed E-state index contributed by atoms with van der Waals surface area (Å²) in [6, 6.07) is 0. The number of rotatable bonds is 7. The zero-order valence-corrected chi connectivity index (χ0v) is 14.3. The minimum Gasteiger partial charge on any atom is -0.464 e. The lowest BCUT2D eigenvalue weighted by atomic mass is 9.94. The molecule has 2 amide bonds. The van der Waals surface area contributed by atoms with Crippen LogP contribution in [0.25, 0.3) is 0 Å². The van der Waals surface area contributed by atoms with Gasteiger partial charge in [-0.05, 0) is 25.7 Å². The molecule has 130 valence electrons. The summed E-state index contributed by atoms with van der Waals surface area (Å²) in [5.74, 6) is -0.333. The van der Waals surface area contributed by atoms with E-state index >= 15 is 0 Å². The van der Waals surface area contributed by atoms with E-state index in [1.807, 2.05) is 18.7 Å². The molecule has 1 atom stereocenters. The van der Waals surface area contributed by atoms with Crippen molar-refractivity contribution in [3.8, 4) is 0 Å². The first kappa shape index (κ1) is 17.8. The van der Waals surface area contributed by atoms with Gasteiger partial charge in [0.05, 0.1) is 6.61 Å². The molecule has 23 heavy (non-hydrogen) atoms. The van der Waals surface area contributed by atoms with Crippen molar-refractivity contribution in [1.82, 2.24) is 9.80 Å². The molecule has 1 spiro atoms. The Hall–Kier alpha value is -1.59. The fraction of sp³-hybridized carbons (Fsp3) is 0.824. The van der Waals surface area contributed by atoms with Crippen LogP contribution in [0, 0.1) is 0 Å². The Morgan fingerprint density at radius 3 is 2.43 bits per heavy atom. The summed E-state index contributed by atoms with van der Waals surface area (Å²) < 4.78 is 5.09. The maximum atomic E-state index is 12.5. The zero-order valence-electron chi connectivity index (χ0n) is 14.3. The third-order valence-electron chi connectivity index (χ3n) is 4.81. The zero-order chi connectivity index (χ0) is 16.9. The number of hydrogen-bond acceptors (Lipinski definition) is 4. The number of nitrogens with zero attached hydrogens (tertiary/aromatic N) is 2. The second-order valence-electron chi connectivity index (χ2n) is 6.45. The van der Waals surface area contributed by atoms with Crippen molar-refractivity contribution >= 4 is 17.8 Å². The highest BCUT2D eigenvalue weighted by molar-refractivity contribution is 5.91. The van der Waals surface area contributed by atoms with Crippen molar-refractivity contribution in [2.75, 3.05) is 26.2 Å². The SMILES string of the molecule is CCCN(CCC)C(=O)CCC(=O)N1CCCC12CCOC2=O. The largest absolute Gasteiger partial charge is 0.464 e. The molecule has 0 aliphatic carbocycles. The summed E-state index contributed by atoms with van der Waals surface area (Å²) in [5, 5.41) is 0. The maximum absolute atomic E-state index is 12.5. The first-order chi connectivity index (χ1) is 11.0. The second-order valence-corrected chi connectivity index (χ2v) is 6.45. The molecule has 0 aromatic heterocycles. The van der Waals surface area contributed by atoms with Crippen LogP contribution < -0.4 is 0 Å². The Labute approximate surface area is 138 Å². The molecular formula is C17H28N2O4. The summed E-state index contributed by atoms with van der Waals surface area (Å²) in [4.78, 5) is 40.4. The van der Waals surface area contributed by atoms with Gasteiger partial charge in [0.15, 0.2) is 0 Å². The average molecular weight is 324 g/mol. The van der Waals surface area contributed by atoms with Gasteiger partial charge in [0.2, 0.25) is 11.8 Å². The lowest BCUT2D eigenvalue weighted by molar-refractivity contribution is -0.153. The summed E-state index contributed by atoms with van der Waals surface area (Å²) in [7, 11) is 0. The van der Waals surface area contributed by atoms with Crippen LogP contribution in [0.5, 0.6) is 0 Å². The van der Waals surface area contributed by atoms with E-state index < -0.39 is 5.54 Å². The van der Waals surface area contributed by atoms with Crippen LogP contribution in [-0.2, 0) is 19.1 Å². The van der Waals surface area contributed by atoms with Crippen LogP contribution in [0.4, 0.5) is 0 Å². The first-order valence-corrected chi connectivity index (χ1v) is 8.80. The fourth-order valence-corrected chi connectivity index (χ4v) is 3.67. The quantitative estimate of drug-likeness (QED) is 0.669. The molecule has 2 aliphatic heterocycles. The standard InChI is InChI=1S/C17H28N2O4/c1-3-10-18(11-4-2)14(20)6-7-15(21)19-12-5-8-17(19)9-13-23-16(17)22/h3-13H2,1-2H3. The molecule has 2 aliphatic rings. The maximum Gasteiger partial charge on any atom is 0.332 e. The average Bonchev–Trinajstić information content (AvgIpc) is 3.12. The van der Waals surface area contributed by atoms with Crippen LogP contribution in [0.3, 0.4) is 0 Å². The number of esters is 1. The molecule has 0 bridgehead atoms. The van der Waals surface area contributed by atoms with Crippen molar-refractivity contribution in [3.63, 3.8) is 0 Å². The van der Waals surface area contributed by atoms with Gasteiger partial charge in [-0.25, -0.2) is 4.79 Å². The lowest BCUT2D eigenvalue weighted by Crippen LogP contribution is -2.50. The van der Waals surface area contributed by atoms with Gasteiger partial charge in [-0.15, -0.1) is 0 Å². The highest BCUT2D eigenvalue weighted by atomic mass is 16.5. The van der Waals surface area contributed by atoms with Crippen LogP contribution >= 0.6 is 0 Å². The number of cyclic esters (lactones) is 1. The molecule has 0 aromatic carbocycles. The normalized spacial score (nSPS) is 23.4. The number of likely N-dealkylation sites (tertiary alicyclic amines) is 1. The second kappa shape index (κ2) is 7.79. The first-order valence-electron chi connectivity index (χ1n) is 8.80. The van der Waals surface area contributed by atoms with Gasteiger partial charge >= 0.3 is 5.97 Å². The summed E-state index contributed by atoms with van der Waals surface area (Å²) in [5.41, 5.74) is -0.743. The highest BCUT2D eigenvalue weighted by Crippen LogP contribution is 2.38. The van der Waals surface area contributed by atoms with Gasteiger partial charge in [0.25, 0.3) is 0 Å². The summed E-state index contributed by atoms with van der Waals surface area (Å²) in [6.07, 6.45) is 4.33. The predicted molar refractivity (Wildman–Crippen MR) is 85.7 cm³/mol. The molecule has 0 radical (unpaired) electrons. The number of ether oxygens (including phenoxy) is 1. The van der Waals surface area contributed by atoms with Crippen molar-refractivity contribution in [3.05, 3.63) is 0 Å². The number of carbonyl (C=O) groups excluding carboxylic acids is 3. The Bertz CT molecular complexity index is 456. The third kappa shape index (κ3) is 3.67. The van der Waals surface area contributed by atoms with Crippen LogP contribution in [0.1, 0.15) is 58.8 Å². The monoisotopic (exact) mass is 324 g/mol. The van der Waals surface area contributed by atoms with E-state index in [1.165, 1.54) is 0 Å². The van der Waals surface area contributed by atoms with Crippen LogP contribution in [0.15, 0.2) is 0 Å². The Morgan fingerprint density at radius 1 is 1.17 bits per heavy atom. The predicted octanol–water partition coefficient (Wildman–Crippen LogP) is 1.72. The number of carbonyl (C=O) groups is 3. The van der Waals surface area contributed by atoms with Crippen LogP contribution in [-0.4, -0.2) is 59.4 Å². The van der Waals surface area contributed by atoms with Gasteiger partial charge in [-0.1, -0.05) is 13.8 Å². The summed E-state index contributed by atoms with van der Waals surface area (Å²) >= 11 is 0.